The quantitative estimate of drug-likeness (QED) is 0.508. The number of hydrogen-bond donors (Lipinski definition) is 2. The van der Waals surface area contributed by atoms with Gasteiger partial charge in [-0.25, -0.2) is 0 Å². The largest absolute Gasteiger partial charge is 0.399 e. The van der Waals surface area contributed by atoms with Crippen LogP contribution in [0.3, 0.4) is 0 Å². The molecule has 0 amide bonds. The van der Waals surface area contributed by atoms with Gasteiger partial charge in [0.25, 0.3) is 0 Å². The molecule has 0 aliphatic carbocycles. The highest BCUT2D eigenvalue weighted by Crippen LogP contribution is 2.11. The van der Waals surface area contributed by atoms with E-state index in [2.05, 4.69) is 44.0 Å². The smallest absolute Gasteiger partial charge is 0.0341 e. The molecule has 0 saturated carbocycles. The van der Waals surface area contributed by atoms with Gasteiger partial charge in [-0.3, -0.25) is 0 Å². The summed E-state index contributed by atoms with van der Waals surface area (Å²) in [6.07, 6.45) is 8.37. The Morgan fingerprint density at radius 2 is 1.81 bits per heavy atom. The highest BCUT2D eigenvalue weighted by Gasteiger charge is 1.93. The van der Waals surface area contributed by atoms with E-state index >= 15 is 0 Å². The lowest BCUT2D eigenvalue weighted by Gasteiger charge is -2.06. The van der Waals surface area contributed by atoms with Crippen molar-refractivity contribution in [2.45, 2.75) is 40.5 Å². The Kier molecular flexibility index (Phi) is 10.7. The van der Waals surface area contributed by atoms with Gasteiger partial charge in [0.15, 0.2) is 0 Å². The first-order valence-corrected chi connectivity index (χ1v) is 7.76. The predicted molar refractivity (Wildman–Crippen MR) is 97.6 cm³/mol. The van der Waals surface area contributed by atoms with Crippen molar-refractivity contribution >= 4 is 11.4 Å². The van der Waals surface area contributed by atoms with E-state index in [4.69, 9.17) is 5.73 Å². The van der Waals surface area contributed by atoms with Gasteiger partial charge >= 0.3 is 0 Å². The normalized spacial score (nSPS) is 11.0. The average Bonchev–Trinajstić information content (AvgIpc) is 2.52. The third kappa shape index (κ3) is 8.74. The van der Waals surface area contributed by atoms with Gasteiger partial charge in [0.1, 0.15) is 0 Å². The van der Waals surface area contributed by atoms with Crippen LogP contribution in [0.4, 0.5) is 11.4 Å². The van der Waals surface area contributed by atoms with Crippen LogP contribution in [-0.2, 0) is 0 Å². The molecule has 0 heterocycles. The molecule has 116 valence electrons. The van der Waals surface area contributed by atoms with Crippen molar-refractivity contribution in [2.75, 3.05) is 17.6 Å². The minimum Gasteiger partial charge on any atom is -0.399 e. The van der Waals surface area contributed by atoms with E-state index < -0.39 is 0 Å². The highest BCUT2D eigenvalue weighted by molar-refractivity contribution is 5.51. The molecule has 1 aromatic carbocycles. The van der Waals surface area contributed by atoms with E-state index in [1.807, 2.05) is 38.1 Å². The minimum atomic E-state index is 0.788. The third-order valence-electron chi connectivity index (χ3n) is 3.00. The molecular weight excluding hydrogens is 256 g/mol. The summed E-state index contributed by atoms with van der Waals surface area (Å²) in [5.41, 5.74) is 10.00. The molecule has 0 atom stereocenters. The Morgan fingerprint density at radius 3 is 2.33 bits per heavy atom. The van der Waals surface area contributed by atoms with Crippen molar-refractivity contribution in [2.24, 2.45) is 0 Å². The van der Waals surface area contributed by atoms with Crippen LogP contribution in [0.25, 0.3) is 0 Å². The topological polar surface area (TPSA) is 38.0 Å². The molecule has 0 fully saturated rings. The molecule has 3 N–H and O–H groups in total. The second kappa shape index (κ2) is 11.8. The number of allylic oxidation sites excluding steroid dienone is 4. The summed E-state index contributed by atoms with van der Waals surface area (Å²) in [7, 11) is 0. The Balaban J connectivity index is 0.00000191. The number of anilines is 2. The van der Waals surface area contributed by atoms with Gasteiger partial charge < -0.3 is 11.1 Å². The van der Waals surface area contributed by atoms with Gasteiger partial charge in [0, 0.05) is 17.9 Å². The lowest BCUT2D eigenvalue weighted by atomic mass is 10.1. The summed E-state index contributed by atoms with van der Waals surface area (Å²) in [6.45, 7) is 13.2. The van der Waals surface area contributed by atoms with Crippen molar-refractivity contribution in [3.8, 4) is 0 Å². The molecule has 0 radical (unpaired) electrons. The highest BCUT2D eigenvalue weighted by atomic mass is 14.9. The van der Waals surface area contributed by atoms with Gasteiger partial charge in [0.2, 0.25) is 0 Å². The first-order valence-electron chi connectivity index (χ1n) is 7.76. The van der Waals surface area contributed by atoms with Crippen molar-refractivity contribution in [3.05, 3.63) is 60.2 Å². The average molecular weight is 286 g/mol. The second-order valence-electron chi connectivity index (χ2n) is 4.51. The van der Waals surface area contributed by atoms with Crippen molar-refractivity contribution in [1.82, 2.24) is 0 Å². The van der Waals surface area contributed by atoms with E-state index in [0.29, 0.717) is 0 Å². The summed E-state index contributed by atoms with van der Waals surface area (Å²) in [6, 6.07) is 7.78. The molecular formula is C19H30N2. The summed E-state index contributed by atoms with van der Waals surface area (Å²) in [4.78, 5) is 0. The molecule has 2 nitrogen and oxygen atoms in total. The first-order chi connectivity index (χ1) is 10.2. The zero-order valence-electron chi connectivity index (χ0n) is 13.9. The van der Waals surface area contributed by atoms with E-state index in [9.17, 15) is 0 Å². The summed E-state index contributed by atoms with van der Waals surface area (Å²) >= 11 is 0. The fraction of sp³-hybridized carbons (Fsp3) is 0.368. The van der Waals surface area contributed by atoms with Crippen molar-refractivity contribution < 1.29 is 0 Å². The lowest BCUT2D eigenvalue weighted by molar-refractivity contribution is 1.03. The van der Waals surface area contributed by atoms with Crippen LogP contribution < -0.4 is 11.1 Å². The molecule has 1 rings (SSSR count). The van der Waals surface area contributed by atoms with E-state index in [0.717, 1.165) is 36.3 Å². The van der Waals surface area contributed by atoms with Crippen LogP contribution in [0, 0.1) is 0 Å². The molecule has 0 spiro atoms. The number of hydrogen-bond acceptors (Lipinski definition) is 2. The molecule has 21 heavy (non-hydrogen) atoms. The number of nitrogens with two attached hydrogens (primary N) is 1. The number of nitrogens with one attached hydrogen (secondary N) is 1. The Hall–Kier alpha value is -1.96. The number of nitrogen functional groups attached to an aromatic ring is 1. The number of benzene rings is 1. The third-order valence-corrected chi connectivity index (χ3v) is 3.00. The zero-order chi connectivity index (χ0) is 16.1. The number of rotatable bonds is 7. The second-order valence-corrected chi connectivity index (χ2v) is 4.51. The van der Waals surface area contributed by atoms with E-state index in [1.54, 1.807) is 0 Å². The Morgan fingerprint density at radius 1 is 1.19 bits per heavy atom. The van der Waals surface area contributed by atoms with Crippen LogP contribution in [0.5, 0.6) is 0 Å². The molecule has 0 aliphatic heterocycles. The monoisotopic (exact) mass is 286 g/mol. The minimum absolute atomic E-state index is 0.788. The van der Waals surface area contributed by atoms with Gasteiger partial charge in [-0.1, -0.05) is 56.7 Å². The molecule has 0 saturated heterocycles. The van der Waals surface area contributed by atoms with Crippen LogP contribution in [0.2, 0.25) is 0 Å². The van der Waals surface area contributed by atoms with Gasteiger partial charge in [-0.2, -0.15) is 0 Å². The molecule has 0 unspecified atom stereocenters. The van der Waals surface area contributed by atoms with Crippen LogP contribution >= 0.6 is 0 Å². The van der Waals surface area contributed by atoms with Crippen molar-refractivity contribution in [3.63, 3.8) is 0 Å². The first kappa shape index (κ1) is 19.0. The zero-order valence-corrected chi connectivity index (χ0v) is 13.9. The van der Waals surface area contributed by atoms with Crippen molar-refractivity contribution in [1.29, 1.82) is 0 Å². The Labute approximate surface area is 130 Å². The molecule has 2 heteroatoms. The standard InChI is InChI=1S/C17H24N2.C2H6/c1-4-15(5-2)7-6-14(3)12-13-19-17-10-8-16(18)9-11-17;1-2/h4,6-11,19H,3,5,12-13,18H2,1-2H3;1-2H3/b7-6-,15-4-;. The molecule has 1 aromatic rings. The van der Waals surface area contributed by atoms with E-state index in [1.165, 1.54) is 5.57 Å². The fourth-order valence-electron chi connectivity index (χ4n) is 1.69. The SMILES string of the molecule is C=C(/C=C\C(=C/C)CC)CCNc1ccc(N)cc1.CC. The van der Waals surface area contributed by atoms with Crippen LogP contribution in [0.1, 0.15) is 40.5 Å². The summed E-state index contributed by atoms with van der Waals surface area (Å²) in [5.74, 6) is 0. The van der Waals surface area contributed by atoms with Crippen LogP contribution in [-0.4, -0.2) is 6.54 Å². The van der Waals surface area contributed by atoms with E-state index in [-0.39, 0.29) is 0 Å². The summed E-state index contributed by atoms with van der Waals surface area (Å²) < 4.78 is 0. The van der Waals surface area contributed by atoms with Gasteiger partial charge in [0.05, 0.1) is 0 Å². The molecule has 0 bridgehead atoms. The van der Waals surface area contributed by atoms with Gasteiger partial charge in [-0.05, 0) is 44.0 Å². The summed E-state index contributed by atoms with van der Waals surface area (Å²) in [5, 5.41) is 3.35. The lowest BCUT2D eigenvalue weighted by Crippen LogP contribution is -2.01. The maximum absolute atomic E-state index is 5.64. The molecule has 0 aliphatic rings. The fourth-order valence-corrected chi connectivity index (χ4v) is 1.69. The molecule has 0 aromatic heterocycles. The maximum Gasteiger partial charge on any atom is 0.0341 e. The Bertz CT molecular complexity index is 453. The van der Waals surface area contributed by atoms with Gasteiger partial charge in [-0.15, -0.1) is 0 Å². The maximum atomic E-state index is 5.64. The van der Waals surface area contributed by atoms with Crippen LogP contribution in [0.15, 0.2) is 60.2 Å². The predicted octanol–water partition coefficient (Wildman–Crippen LogP) is 5.57.